The summed E-state index contributed by atoms with van der Waals surface area (Å²) in [5, 5.41) is 2.59. The van der Waals surface area contributed by atoms with E-state index in [-0.39, 0.29) is 30.7 Å². The molecule has 0 aliphatic rings. The number of hydrogen-bond donors (Lipinski definition) is 1. The Bertz CT molecular complexity index is 526. The minimum Gasteiger partial charge on any atom is -0.489 e. The number of ether oxygens (including phenoxy) is 1. The molecule has 0 bridgehead atoms. The maximum Gasteiger partial charge on any atom is 0.241 e. The summed E-state index contributed by atoms with van der Waals surface area (Å²) < 4.78 is 18.6. The van der Waals surface area contributed by atoms with Gasteiger partial charge in [-0.05, 0) is 12.1 Å². The minimum absolute atomic E-state index is 0.0632. The van der Waals surface area contributed by atoms with Crippen LogP contribution in [0.15, 0.2) is 24.3 Å². The molecule has 1 aromatic carbocycles. The molecule has 0 heterocycles. The van der Waals surface area contributed by atoms with Gasteiger partial charge in [0.2, 0.25) is 11.8 Å². The first-order chi connectivity index (χ1) is 10.2. The largest absolute Gasteiger partial charge is 0.489 e. The van der Waals surface area contributed by atoms with E-state index < -0.39 is 11.2 Å². The van der Waals surface area contributed by atoms with Crippen LogP contribution in [0.1, 0.15) is 20.8 Å². The first-order valence-electron chi connectivity index (χ1n) is 7.11. The number of halogens is 1. The van der Waals surface area contributed by atoms with Gasteiger partial charge in [-0.2, -0.15) is 0 Å². The van der Waals surface area contributed by atoms with Crippen LogP contribution in [0.4, 0.5) is 4.39 Å². The van der Waals surface area contributed by atoms with Gasteiger partial charge in [-0.25, -0.2) is 4.39 Å². The van der Waals surface area contributed by atoms with E-state index in [1.165, 1.54) is 17.0 Å². The number of carbonyl (C=O) groups excluding carboxylic acids is 2. The fourth-order valence-electron chi connectivity index (χ4n) is 1.54. The maximum atomic E-state index is 13.3. The van der Waals surface area contributed by atoms with Gasteiger partial charge in [0.25, 0.3) is 0 Å². The Hall–Kier alpha value is -2.11. The molecule has 0 spiro atoms. The summed E-state index contributed by atoms with van der Waals surface area (Å²) >= 11 is 0. The highest BCUT2D eigenvalue weighted by Crippen LogP contribution is 2.15. The number of benzene rings is 1. The van der Waals surface area contributed by atoms with E-state index in [2.05, 4.69) is 5.32 Å². The van der Waals surface area contributed by atoms with E-state index in [1.54, 1.807) is 40.0 Å². The fraction of sp³-hybridized carbons (Fsp3) is 0.500. The van der Waals surface area contributed by atoms with Crippen molar-refractivity contribution in [1.82, 2.24) is 10.2 Å². The Morgan fingerprint density at radius 3 is 2.50 bits per heavy atom. The lowest BCUT2D eigenvalue weighted by atomic mass is 9.96. The van der Waals surface area contributed by atoms with Gasteiger partial charge in [0.05, 0.1) is 13.1 Å². The predicted molar refractivity (Wildman–Crippen MR) is 82.0 cm³/mol. The van der Waals surface area contributed by atoms with Crippen molar-refractivity contribution in [3.05, 3.63) is 30.1 Å². The molecule has 0 atom stereocenters. The highest BCUT2D eigenvalue weighted by molar-refractivity contribution is 5.87. The van der Waals surface area contributed by atoms with Crippen LogP contribution in [-0.2, 0) is 9.59 Å². The quantitative estimate of drug-likeness (QED) is 0.872. The molecule has 0 saturated carbocycles. The third-order valence-corrected chi connectivity index (χ3v) is 3.03. The third-order valence-electron chi connectivity index (χ3n) is 3.03. The Labute approximate surface area is 130 Å². The summed E-state index contributed by atoms with van der Waals surface area (Å²) in [6, 6.07) is 6.10. The number of amides is 2. The zero-order chi connectivity index (χ0) is 16.8. The van der Waals surface area contributed by atoms with Gasteiger partial charge in [-0.15, -0.1) is 0 Å². The average Bonchev–Trinajstić information content (AvgIpc) is 2.45. The second kappa shape index (κ2) is 7.77. The zero-order valence-corrected chi connectivity index (χ0v) is 13.5. The summed E-state index contributed by atoms with van der Waals surface area (Å²) in [5.74, 6) is -0.690. The van der Waals surface area contributed by atoms with Gasteiger partial charge >= 0.3 is 0 Å². The summed E-state index contributed by atoms with van der Waals surface area (Å²) in [7, 11) is 1.61. The van der Waals surface area contributed by atoms with Crippen LogP contribution >= 0.6 is 0 Å². The molecule has 2 amide bonds. The minimum atomic E-state index is -0.535. The standard InChI is InChI=1S/C16H23FN2O3/c1-16(2,3)15(21)18-11-14(20)19(4)9-10-22-13-8-6-5-7-12(13)17/h5-8H,9-11H2,1-4H3,(H,18,21). The number of nitrogens with one attached hydrogen (secondary N) is 1. The first-order valence-corrected chi connectivity index (χ1v) is 7.11. The second-order valence-corrected chi connectivity index (χ2v) is 6.03. The number of carbonyl (C=O) groups is 2. The van der Waals surface area contributed by atoms with Crippen molar-refractivity contribution in [1.29, 1.82) is 0 Å². The summed E-state index contributed by atoms with van der Waals surface area (Å²) in [4.78, 5) is 25.0. The molecular formula is C16H23FN2O3. The van der Waals surface area contributed by atoms with Crippen molar-refractivity contribution >= 4 is 11.8 Å². The molecule has 0 aromatic heterocycles. The molecule has 0 fully saturated rings. The van der Waals surface area contributed by atoms with Crippen LogP contribution in [0.2, 0.25) is 0 Å². The zero-order valence-electron chi connectivity index (χ0n) is 13.5. The highest BCUT2D eigenvalue weighted by Gasteiger charge is 2.22. The Kier molecular flexibility index (Phi) is 6.34. The number of nitrogens with zero attached hydrogens (tertiary/aromatic N) is 1. The van der Waals surface area contributed by atoms with Crippen LogP contribution in [0.25, 0.3) is 0 Å². The molecule has 0 saturated heterocycles. The molecule has 22 heavy (non-hydrogen) atoms. The lowest BCUT2D eigenvalue weighted by Gasteiger charge is -2.21. The molecule has 1 N–H and O–H groups in total. The van der Waals surface area contributed by atoms with Gasteiger partial charge < -0.3 is 15.0 Å². The van der Waals surface area contributed by atoms with Crippen LogP contribution < -0.4 is 10.1 Å². The topological polar surface area (TPSA) is 58.6 Å². The Balaban J connectivity index is 2.33. The maximum absolute atomic E-state index is 13.3. The number of para-hydroxylation sites is 1. The normalized spacial score (nSPS) is 11.0. The second-order valence-electron chi connectivity index (χ2n) is 6.03. The Morgan fingerprint density at radius 2 is 1.91 bits per heavy atom. The van der Waals surface area contributed by atoms with E-state index in [0.717, 1.165) is 0 Å². The SMILES string of the molecule is CN(CCOc1ccccc1F)C(=O)CNC(=O)C(C)(C)C. The van der Waals surface area contributed by atoms with Crippen molar-refractivity contribution < 1.29 is 18.7 Å². The van der Waals surface area contributed by atoms with Gasteiger partial charge in [0.15, 0.2) is 11.6 Å². The highest BCUT2D eigenvalue weighted by atomic mass is 19.1. The van der Waals surface area contributed by atoms with Crippen molar-refractivity contribution in [2.24, 2.45) is 5.41 Å². The predicted octanol–water partition coefficient (Wildman–Crippen LogP) is 1.83. The number of rotatable bonds is 6. The van der Waals surface area contributed by atoms with Gasteiger partial charge in [-0.1, -0.05) is 32.9 Å². The van der Waals surface area contributed by atoms with Crippen molar-refractivity contribution in [3.63, 3.8) is 0 Å². The van der Waals surface area contributed by atoms with Crippen LogP contribution in [0, 0.1) is 11.2 Å². The molecule has 0 radical (unpaired) electrons. The Morgan fingerprint density at radius 1 is 1.27 bits per heavy atom. The molecule has 122 valence electrons. The first kappa shape index (κ1) is 17.9. The lowest BCUT2D eigenvalue weighted by Crippen LogP contribution is -2.43. The van der Waals surface area contributed by atoms with E-state index in [4.69, 9.17) is 4.74 Å². The average molecular weight is 310 g/mol. The van der Waals surface area contributed by atoms with E-state index in [0.29, 0.717) is 6.54 Å². The molecule has 5 nitrogen and oxygen atoms in total. The third kappa shape index (κ3) is 5.71. The number of hydrogen-bond acceptors (Lipinski definition) is 3. The fourth-order valence-corrected chi connectivity index (χ4v) is 1.54. The molecule has 1 rings (SSSR count). The van der Waals surface area contributed by atoms with Gasteiger partial charge in [0.1, 0.15) is 6.61 Å². The summed E-state index contributed by atoms with van der Waals surface area (Å²) in [6.45, 7) is 5.75. The molecule has 0 unspecified atom stereocenters. The summed E-state index contributed by atoms with van der Waals surface area (Å²) in [5.41, 5.74) is -0.535. The molecule has 6 heteroatoms. The summed E-state index contributed by atoms with van der Waals surface area (Å²) in [6.07, 6.45) is 0. The molecule has 0 aliphatic heterocycles. The van der Waals surface area contributed by atoms with E-state index >= 15 is 0 Å². The van der Waals surface area contributed by atoms with Crippen molar-refractivity contribution in [2.75, 3.05) is 26.7 Å². The van der Waals surface area contributed by atoms with Crippen molar-refractivity contribution in [3.8, 4) is 5.75 Å². The van der Waals surface area contributed by atoms with Gasteiger partial charge in [0, 0.05) is 12.5 Å². The van der Waals surface area contributed by atoms with Gasteiger partial charge in [-0.3, -0.25) is 9.59 Å². The van der Waals surface area contributed by atoms with Crippen LogP contribution in [0.5, 0.6) is 5.75 Å². The van der Waals surface area contributed by atoms with E-state index in [1.807, 2.05) is 0 Å². The van der Waals surface area contributed by atoms with Crippen LogP contribution in [-0.4, -0.2) is 43.5 Å². The van der Waals surface area contributed by atoms with E-state index in [9.17, 15) is 14.0 Å². The lowest BCUT2D eigenvalue weighted by molar-refractivity contribution is -0.134. The monoisotopic (exact) mass is 310 g/mol. The molecule has 1 aromatic rings. The molecule has 0 aliphatic carbocycles. The molecular weight excluding hydrogens is 287 g/mol. The number of likely N-dealkylation sites (N-methyl/N-ethyl adjacent to an activating group) is 1. The van der Waals surface area contributed by atoms with Crippen LogP contribution in [0.3, 0.4) is 0 Å². The smallest absolute Gasteiger partial charge is 0.241 e. The van der Waals surface area contributed by atoms with Crippen molar-refractivity contribution in [2.45, 2.75) is 20.8 Å².